The number of rotatable bonds is 9. The van der Waals surface area contributed by atoms with Crippen LogP contribution in [-0.4, -0.2) is 29.6 Å². The largest absolute Gasteiger partial charge is 0.491 e. The highest BCUT2D eigenvalue weighted by Gasteiger charge is 2.03. The molecule has 0 aromatic heterocycles. The van der Waals surface area contributed by atoms with Gasteiger partial charge in [-0.2, -0.15) is 0 Å². The fraction of sp³-hybridized carbons (Fsp3) is 0.500. The fourth-order valence-electron chi connectivity index (χ4n) is 1.86. The van der Waals surface area contributed by atoms with E-state index in [1.54, 1.807) is 0 Å². The third-order valence-corrected chi connectivity index (χ3v) is 2.83. The highest BCUT2D eigenvalue weighted by atomic mass is 16.5. The van der Waals surface area contributed by atoms with Crippen LogP contribution in [0.2, 0.25) is 0 Å². The molecule has 1 aromatic rings. The number of hydrogen-bond donors (Lipinski definition) is 2. The number of benzene rings is 1. The number of aryl methyl sites for hydroxylation is 1. The summed E-state index contributed by atoms with van der Waals surface area (Å²) in [6, 6.07) is 7.87. The van der Waals surface area contributed by atoms with Crippen LogP contribution >= 0.6 is 0 Å². The van der Waals surface area contributed by atoms with Crippen LogP contribution in [0.15, 0.2) is 24.3 Å². The predicted octanol–water partition coefficient (Wildman–Crippen LogP) is 2.39. The van der Waals surface area contributed by atoms with E-state index in [9.17, 15) is 9.59 Å². The lowest BCUT2D eigenvalue weighted by Crippen LogP contribution is -2.25. The Morgan fingerprint density at radius 3 is 2.43 bits per heavy atom. The van der Waals surface area contributed by atoms with Crippen molar-refractivity contribution >= 4 is 11.9 Å². The van der Waals surface area contributed by atoms with Crippen LogP contribution in [0, 0.1) is 0 Å². The van der Waals surface area contributed by atoms with Gasteiger partial charge >= 0.3 is 5.97 Å². The van der Waals surface area contributed by atoms with Crippen molar-refractivity contribution in [3.63, 3.8) is 0 Å². The number of carboxylic acid groups (broad SMARTS) is 1. The molecule has 0 unspecified atom stereocenters. The van der Waals surface area contributed by atoms with Crippen molar-refractivity contribution < 1.29 is 19.4 Å². The molecule has 5 nitrogen and oxygen atoms in total. The van der Waals surface area contributed by atoms with Crippen LogP contribution in [0.4, 0.5) is 0 Å². The Balaban J connectivity index is 2.23. The number of carbonyl (C=O) groups is 2. The normalized spacial score (nSPS) is 10.4. The van der Waals surface area contributed by atoms with E-state index in [1.165, 1.54) is 0 Å². The quantitative estimate of drug-likeness (QED) is 0.733. The van der Waals surface area contributed by atoms with Crippen molar-refractivity contribution in [1.29, 1.82) is 0 Å². The molecule has 1 rings (SSSR count). The minimum absolute atomic E-state index is 0.0386. The summed E-state index contributed by atoms with van der Waals surface area (Å²) in [6.45, 7) is 4.16. The third kappa shape index (κ3) is 7.97. The third-order valence-electron chi connectivity index (χ3n) is 2.83. The lowest BCUT2D eigenvalue weighted by Gasteiger charge is -2.10. The number of amides is 1. The SMILES string of the molecule is CC(C)Oc1ccc(CCCC(=O)NCCC(=O)O)cc1. The van der Waals surface area contributed by atoms with Crippen LogP contribution in [0.25, 0.3) is 0 Å². The molecule has 0 aliphatic carbocycles. The molecule has 1 amide bonds. The van der Waals surface area contributed by atoms with Crippen molar-refractivity contribution in [2.75, 3.05) is 6.54 Å². The van der Waals surface area contributed by atoms with E-state index in [2.05, 4.69) is 5.32 Å². The Hall–Kier alpha value is -2.04. The van der Waals surface area contributed by atoms with Gasteiger partial charge in [0, 0.05) is 13.0 Å². The molecule has 0 aliphatic heterocycles. The van der Waals surface area contributed by atoms with Gasteiger partial charge in [0.15, 0.2) is 0 Å². The summed E-state index contributed by atoms with van der Waals surface area (Å²) < 4.78 is 5.56. The Kier molecular flexibility index (Phi) is 7.29. The molecule has 21 heavy (non-hydrogen) atoms. The minimum atomic E-state index is -0.904. The minimum Gasteiger partial charge on any atom is -0.491 e. The molecule has 0 fully saturated rings. The maximum atomic E-state index is 11.5. The molecule has 0 saturated carbocycles. The Morgan fingerprint density at radius 1 is 1.19 bits per heavy atom. The van der Waals surface area contributed by atoms with Gasteiger partial charge < -0.3 is 15.2 Å². The summed E-state index contributed by atoms with van der Waals surface area (Å²) in [5, 5.41) is 11.1. The number of aliphatic carboxylic acids is 1. The van der Waals surface area contributed by atoms with Crippen molar-refractivity contribution in [1.82, 2.24) is 5.32 Å². The van der Waals surface area contributed by atoms with Crippen molar-refractivity contribution in [3.8, 4) is 5.75 Å². The summed E-state index contributed by atoms with van der Waals surface area (Å²) in [7, 11) is 0. The summed E-state index contributed by atoms with van der Waals surface area (Å²) in [6.07, 6.45) is 2.08. The molecular weight excluding hydrogens is 270 g/mol. The van der Waals surface area contributed by atoms with Gasteiger partial charge in [0.25, 0.3) is 0 Å². The zero-order valence-corrected chi connectivity index (χ0v) is 12.6. The van der Waals surface area contributed by atoms with Crippen LogP contribution in [0.1, 0.15) is 38.7 Å². The number of hydrogen-bond acceptors (Lipinski definition) is 3. The average molecular weight is 293 g/mol. The van der Waals surface area contributed by atoms with Crippen molar-refractivity contribution in [3.05, 3.63) is 29.8 Å². The number of ether oxygens (including phenoxy) is 1. The Labute approximate surface area is 125 Å². The van der Waals surface area contributed by atoms with Gasteiger partial charge in [0.1, 0.15) is 5.75 Å². The summed E-state index contributed by atoms with van der Waals surface area (Å²) >= 11 is 0. The fourth-order valence-corrected chi connectivity index (χ4v) is 1.86. The van der Waals surface area contributed by atoms with Crippen molar-refractivity contribution in [2.45, 2.75) is 45.6 Å². The standard InChI is InChI=1S/C16H23NO4/c1-12(2)21-14-8-6-13(7-9-14)4-3-5-15(18)17-11-10-16(19)20/h6-9,12H,3-5,10-11H2,1-2H3,(H,17,18)(H,19,20). The molecule has 0 radical (unpaired) electrons. The summed E-state index contributed by atoms with van der Waals surface area (Å²) in [5.41, 5.74) is 1.16. The topological polar surface area (TPSA) is 75.6 Å². The summed E-state index contributed by atoms with van der Waals surface area (Å²) in [4.78, 5) is 21.8. The molecule has 116 valence electrons. The molecule has 0 heterocycles. The molecule has 2 N–H and O–H groups in total. The zero-order valence-electron chi connectivity index (χ0n) is 12.6. The van der Waals surface area contributed by atoms with Gasteiger partial charge in [-0.25, -0.2) is 0 Å². The highest BCUT2D eigenvalue weighted by molar-refractivity contribution is 5.76. The lowest BCUT2D eigenvalue weighted by molar-refractivity contribution is -0.136. The maximum Gasteiger partial charge on any atom is 0.305 e. The van der Waals surface area contributed by atoms with E-state index >= 15 is 0 Å². The Morgan fingerprint density at radius 2 is 1.86 bits per heavy atom. The van der Waals surface area contributed by atoms with Crippen LogP contribution in [0.3, 0.4) is 0 Å². The average Bonchev–Trinajstić information content (AvgIpc) is 2.39. The Bertz CT molecular complexity index is 454. The highest BCUT2D eigenvalue weighted by Crippen LogP contribution is 2.15. The first-order valence-corrected chi connectivity index (χ1v) is 7.21. The second-order valence-electron chi connectivity index (χ2n) is 5.16. The van der Waals surface area contributed by atoms with Crippen molar-refractivity contribution in [2.24, 2.45) is 0 Å². The van der Waals surface area contributed by atoms with Gasteiger partial charge in [-0.15, -0.1) is 0 Å². The molecule has 0 atom stereocenters. The predicted molar refractivity (Wildman–Crippen MR) is 80.4 cm³/mol. The van der Waals surface area contributed by atoms with E-state index < -0.39 is 5.97 Å². The van der Waals surface area contributed by atoms with E-state index in [4.69, 9.17) is 9.84 Å². The van der Waals surface area contributed by atoms with Crippen LogP contribution < -0.4 is 10.1 Å². The molecule has 5 heteroatoms. The molecule has 0 saturated heterocycles. The van der Waals surface area contributed by atoms with E-state index in [0.717, 1.165) is 24.2 Å². The monoisotopic (exact) mass is 293 g/mol. The van der Waals surface area contributed by atoms with Gasteiger partial charge in [-0.1, -0.05) is 12.1 Å². The van der Waals surface area contributed by atoms with E-state index in [1.807, 2.05) is 38.1 Å². The smallest absolute Gasteiger partial charge is 0.305 e. The molecule has 0 spiro atoms. The molecular formula is C16H23NO4. The lowest BCUT2D eigenvalue weighted by atomic mass is 10.1. The van der Waals surface area contributed by atoms with E-state index in [0.29, 0.717) is 6.42 Å². The van der Waals surface area contributed by atoms with Gasteiger partial charge in [-0.3, -0.25) is 9.59 Å². The summed E-state index contributed by atoms with van der Waals surface area (Å²) in [5.74, 6) is -0.157. The second kappa shape index (κ2) is 9.00. The zero-order chi connectivity index (χ0) is 15.7. The first-order valence-electron chi connectivity index (χ1n) is 7.21. The number of carboxylic acids is 1. The maximum absolute atomic E-state index is 11.5. The molecule has 0 aliphatic rings. The molecule has 0 bridgehead atoms. The van der Waals surface area contributed by atoms with Gasteiger partial charge in [-0.05, 0) is 44.4 Å². The molecule has 1 aromatic carbocycles. The number of nitrogens with one attached hydrogen (secondary N) is 1. The number of carbonyl (C=O) groups excluding carboxylic acids is 1. The first kappa shape index (κ1) is 17.0. The van der Waals surface area contributed by atoms with Gasteiger partial charge in [0.05, 0.1) is 12.5 Å². The van der Waals surface area contributed by atoms with E-state index in [-0.39, 0.29) is 25.0 Å². The van der Waals surface area contributed by atoms with Crippen LogP contribution in [-0.2, 0) is 16.0 Å². The van der Waals surface area contributed by atoms with Crippen LogP contribution in [0.5, 0.6) is 5.75 Å². The first-order chi connectivity index (χ1) is 9.97. The second-order valence-corrected chi connectivity index (χ2v) is 5.16. The van der Waals surface area contributed by atoms with Gasteiger partial charge in [0.2, 0.25) is 5.91 Å².